The van der Waals surface area contributed by atoms with Crippen LogP contribution >= 0.6 is 0 Å². The number of methoxy groups -OCH3 is 1. The van der Waals surface area contributed by atoms with Gasteiger partial charge in [-0.2, -0.15) is 0 Å². The summed E-state index contributed by atoms with van der Waals surface area (Å²) < 4.78 is 11.3. The Kier molecular flexibility index (Phi) is 2.71. The molecule has 7 rings (SSSR count). The number of phenols is 1. The van der Waals surface area contributed by atoms with E-state index in [2.05, 4.69) is 0 Å². The summed E-state index contributed by atoms with van der Waals surface area (Å²) in [6, 6.07) is 6.47. The summed E-state index contributed by atoms with van der Waals surface area (Å²) in [7, 11) is 1.73. The third-order valence-corrected chi connectivity index (χ3v) is 7.77. The third-order valence-electron chi connectivity index (χ3n) is 7.77. The van der Waals surface area contributed by atoms with Crippen LogP contribution in [0.15, 0.2) is 39.1 Å². The highest BCUT2D eigenvalue weighted by Crippen LogP contribution is 2.76. The predicted octanol–water partition coefficient (Wildman–Crippen LogP) is 4.31. The predicted molar refractivity (Wildman–Crippen MR) is 97.6 cm³/mol. The van der Waals surface area contributed by atoms with Gasteiger partial charge in [0.1, 0.15) is 17.1 Å². The van der Waals surface area contributed by atoms with Crippen molar-refractivity contribution in [1.29, 1.82) is 0 Å². The minimum Gasteiger partial charge on any atom is -0.508 e. The number of hydrogen-bond donors (Lipinski definition) is 1. The Balaban J connectivity index is 1.59. The topological polar surface area (TPSA) is 59.7 Å². The number of benzene rings is 1. The Morgan fingerprint density at radius 1 is 1.19 bits per heavy atom. The molecule has 0 radical (unpaired) electrons. The fraction of sp³-hybridized carbons (Fsp3) is 0.500. The molecule has 134 valence electrons. The number of rotatable bonds is 2. The quantitative estimate of drug-likeness (QED) is 0.647. The second-order valence-corrected chi connectivity index (χ2v) is 8.85. The molecule has 0 aliphatic heterocycles. The number of fused-ring (bicyclic) bond motifs is 2. The van der Waals surface area contributed by atoms with E-state index >= 15 is 0 Å². The van der Waals surface area contributed by atoms with E-state index in [1.807, 2.05) is 0 Å². The molecule has 4 bridgehead atoms. The molecule has 1 aromatic carbocycles. The maximum Gasteiger partial charge on any atom is 0.336 e. The number of allylic oxidation sites excluding steroid dienone is 1. The molecule has 0 amide bonds. The molecule has 0 saturated heterocycles. The van der Waals surface area contributed by atoms with Crippen molar-refractivity contribution in [2.24, 2.45) is 29.1 Å². The van der Waals surface area contributed by atoms with E-state index in [4.69, 9.17) is 9.15 Å². The summed E-state index contributed by atoms with van der Waals surface area (Å²) in [5.74, 6) is 4.05. The smallest absolute Gasteiger partial charge is 0.336 e. The molecule has 1 heterocycles. The summed E-state index contributed by atoms with van der Waals surface area (Å²) in [6.45, 7) is 0. The Bertz CT molecular complexity index is 1030. The van der Waals surface area contributed by atoms with Gasteiger partial charge in [-0.1, -0.05) is 0 Å². The highest BCUT2D eigenvalue weighted by atomic mass is 16.5. The number of hydrogen-bond acceptors (Lipinski definition) is 4. The molecule has 1 aromatic heterocycles. The molecule has 1 spiro atoms. The fourth-order valence-electron chi connectivity index (χ4n) is 7.13. The SMILES string of the molecule is CO/C(=C1\C2CC3CC4(C2)CC1CC34)c1cc(O)cc2oc(=O)ccc12. The molecule has 4 heteroatoms. The van der Waals surface area contributed by atoms with E-state index in [0.29, 0.717) is 22.8 Å². The van der Waals surface area contributed by atoms with Crippen LogP contribution in [-0.4, -0.2) is 12.2 Å². The van der Waals surface area contributed by atoms with Crippen molar-refractivity contribution in [2.45, 2.75) is 32.1 Å². The first kappa shape index (κ1) is 14.9. The van der Waals surface area contributed by atoms with Crippen LogP contribution in [-0.2, 0) is 4.74 Å². The first-order chi connectivity index (χ1) is 12.6. The fourth-order valence-corrected chi connectivity index (χ4v) is 7.13. The molecule has 5 aliphatic carbocycles. The molecule has 2 aromatic rings. The summed E-state index contributed by atoms with van der Waals surface area (Å²) in [4.78, 5) is 11.6. The Hall–Kier alpha value is -2.23. The van der Waals surface area contributed by atoms with Crippen LogP contribution in [0.5, 0.6) is 5.75 Å². The van der Waals surface area contributed by atoms with Gasteiger partial charge < -0.3 is 14.3 Å². The first-order valence-corrected chi connectivity index (χ1v) is 9.63. The van der Waals surface area contributed by atoms with Crippen LogP contribution < -0.4 is 5.63 Å². The average molecular weight is 350 g/mol. The molecule has 5 fully saturated rings. The number of ether oxygens (including phenoxy) is 1. The summed E-state index contributed by atoms with van der Waals surface area (Å²) >= 11 is 0. The van der Waals surface area contributed by atoms with Crippen molar-refractivity contribution in [3.05, 3.63) is 45.8 Å². The van der Waals surface area contributed by atoms with Gasteiger partial charge in [-0.25, -0.2) is 4.79 Å². The van der Waals surface area contributed by atoms with E-state index < -0.39 is 5.63 Å². The molecule has 5 atom stereocenters. The lowest BCUT2D eigenvalue weighted by Gasteiger charge is -2.60. The average Bonchev–Trinajstić information content (AvgIpc) is 2.80. The zero-order valence-electron chi connectivity index (χ0n) is 14.8. The van der Waals surface area contributed by atoms with Crippen molar-refractivity contribution in [3.8, 4) is 5.75 Å². The van der Waals surface area contributed by atoms with Gasteiger partial charge in [0.05, 0.1) is 7.11 Å². The maximum atomic E-state index is 11.6. The van der Waals surface area contributed by atoms with Crippen molar-refractivity contribution in [1.82, 2.24) is 0 Å². The van der Waals surface area contributed by atoms with E-state index in [9.17, 15) is 9.90 Å². The van der Waals surface area contributed by atoms with Gasteiger partial charge >= 0.3 is 5.63 Å². The van der Waals surface area contributed by atoms with E-state index in [-0.39, 0.29) is 5.75 Å². The molecule has 4 nitrogen and oxygen atoms in total. The van der Waals surface area contributed by atoms with Crippen molar-refractivity contribution in [3.63, 3.8) is 0 Å². The lowest BCUT2D eigenvalue weighted by Crippen LogP contribution is -2.51. The standard InChI is InChI=1S/C22H22O4/c1-25-21(16-6-14(23)7-18-15(16)2-3-19(24)26-18)20-12-4-11-8-22(9-12)10-13(20)5-17(11)22/h2-3,6-7,11-13,17,23H,4-5,8-10H2,1H3/b21-20+. The largest absolute Gasteiger partial charge is 0.508 e. The Morgan fingerprint density at radius 2 is 2.00 bits per heavy atom. The van der Waals surface area contributed by atoms with Crippen LogP contribution in [0, 0.1) is 29.1 Å². The van der Waals surface area contributed by atoms with Gasteiger partial charge in [0, 0.05) is 23.1 Å². The van der Waals surface area contributed by atoms with Gasteiger partial charge in [-0.05, 0) is 78.9 Å². The van der Waals surface area contributed by atoms with E-state index in [1.54, 1.807) is 19.2 Å². The molecule has 5 unspecified atom stereocenters. The van der Waals surface area contributed by atoms with Crippen molar-refractivity contribution < 1.29 is 14.3 Å². The highest BCUT2D eigenvalue weighted by molar-refractivity contribution is 5.91. The number of aromatic hydroxyl groups is 1. The van der Waals surface area contributed by atoms with Gasteiger partial charge in [0.15, 0.2) is 0 Å². The van der Waals surface area contributed by atoms with Gasteiger partial charge in [-0.3, -0.25) is 0 Å². The molecular formula is C22H22O4. The van der Waals surface area contributed by atoms with Gasteiger partial charge in [-0.15, -0.1) is 0 Å². The Morgan fingerprint density at radius 3 is 2.81 bits per heavy atom. The first-order valence-electron chi connectivity index (χ1n) is 9.63. The molecular weight excluding hydrogens is 328 g/mol. The van der Waals surface area contributed by atoms with Crippen LogP contribution in [0.2, 0.25) is 0 Å². The third kappa shape index (κ3) is 1.73. The second kappa shape index (κ2) is 4.73. The van der Waals surface area contributed by atoms with Crippen LogP contribution in [0.4, 0.5) is 0 Å². The summed E-state index contributed by atoms with van der Waals surface area (Å²) in [5.41, 5.74) is 2.93. The lowest BCUT2D eigenvalue weighted by atomic mass is 9.44. The summed E-state index contributed by atoms with van der Waals surface area (Å²) in [5, 5.41) is 11.0. The maximum absolute atomic E-state index is 11.6. The zero-order valence-corrected chi connectivity index (χ0v) is 14.8. The Labute approximate surface area is 151 Å². The minimum atomic E-state index is -0.408. The van der Waals surface area contributed by atoms with Crippen molar-refractivity contribution in [2.75, 3.05) is 7.11 Å². The summed E-state index contributed by atoms with van der Waals surface area (Å²) in [6.07, 6.45) is 6.64. The molecule has 26 heavy (non-hydrogen) atoms. The molecule has 1 N–H and O–H groups in total. The highest BCUT2D eigenvalue weighted by Gasteiger charge is 2.67. The zero-order chi connectivity index (χ0) is 17.6. The molecule has 5 aliphatic rings. The number of phenolic OH excluding ortho intramolecular Hbond substituents is 1. The normalized spacial score (nSPS) is 38.3. The second-order valence-electron chi connectivity index (χ2n) is 8.85. The van der Waals surface area contributed by atoms with Gasteiger partial charge in [0.25, 0.3) is 0 Å². The van der Waals surface area contributed by atoms with Crippen molar-refractivity contribution >= 4 is 16.7 Å². The lowest BCUT2D eigenvalue weighted by molar-refractivity contribution is -0.0898. The van der Waals surface area contributed by atoms with Crippen LogP contribution in [0.25, 0.3) is 16.7 Å². The molecule has 5 saturated carbocycles. The van der Waals surface area contributed by atoms with E-state index in [1.165, 1.54) is 49.8 Å². The van der Waals surface area contributed by atoms with Crippen LogP contribution in [0.3, 0.4) is 0 Å². The monoisotopic (exact) mass is 350 g/mol. The minimum absolute atomic E-state index is 0.0999. The van der Waals surface area contributed by atoms with Crippen LogP contribution in [0.1, 0.15) is 37.7 Å². The van der Waals surface area contributed by atoms with E-state index in [0.717, 1.165) is 28.5 Å². The van der Waals surface area contributed by atoms with Gasteiger partial charge in [0.2, 0.25) is 0 Å².